The van der Waals surface area contributed by atoms with Gasteiger partial charge in [-0.05, 0) is 47.9 Å². The Morgan fingerprint density at radius 2 is 1.91 bits per heavy atom. The second-order valence-electron chi connectivity index (χ2n) is 10.8. The van der Waals surface area contributed by atoms with Crippen molar-refractivity contribution in [3.8, 4) is 5.75 Å². The Bertz CT molecular complexity index is 1580. The Morgan fingerprint density at radius 1 is 1.07 bits per heavy atom. The predicted molar refractivity (Wildman–Crippen MR) is 171 cm³/mol. The van der Waals surface area contributed by atoms with Gasteiger partial charge in [0.2, 0.25) is 5.95 Å². The molecule has 0 bridgehead atoms. The zero-order chi connectivity index (χ0) is 30.3. The van der Waals surface area contributed by atoms with Gasteiger partial charge in [0.25, 0.3) is 5.91 Å². The second kappa shape index (κ2) is 14.0. The number of fused-ring (bicyclic) bond motifs is 1. The van der Waals surface area contributed by atoms with Gasteiger partial charge in [-0.2, -0.15) is 4.98 Å². The van der Waals surface area contributed by atoms with E-state index in [-0.39, 0.29) is 5.91 Å². The maximum Gasteiger partial charge on any atom is 0.256 e. The highest BCUT2D eigenvalue weighted by Gasteiger charge is 2.26. The van der Waals surface area contributed by atoms with Gasteiger partial charge in [-0.15, -0.1) is 0 Å². The maximum absolute atomic E-state index is 13.8. The third-order valence-electron chi connectivity index (χ3n) is 7.96. The number of anilines is 3. The average Bonchev–Trinajstić information content (AvgIpc) is 3.07. The van der Waals surface area contributed by atoms with Crippen LogP contribution < -0.4 is 19.9 Å². The minimum Gasteiger partial charge on any atom is -0.495 e. The van der Waals surface area contributed by atoms with Crippen molar-refractivity contribution in [1.29, 1.82) is 0 Å². The van der Waals surface area contributed by atoms with Gasteiger partial charge >= 0.3 is 0 Å². The van der Waals surface area contributed by atoms with Crippen LogP contribution in [0.4, 0.5) is 17.5 Å². The lowest BCUT2D eigenvalue weighted by atomic mass is 10.1. The van der Waals surface area contributed by atoms with E-state index in [0.29, 0.717) is 60.9 Å². The Labute approximate surface area is 262 Å². The van der Waals surface area contributed by atoms with Crippen molar-refractivity contribution in [3.05, 3.63) is 100 Å². The molecule has 0 unspecified atom stereocenters. The number of aromatic nitrogens is 3. The van der Waals surface area contributed by atoms with Crippen LogP contribution in [0.25, 0.3) is 0 Å². The van der Waals surface area contributed by atoms with Crippen molar-refractivity contribution in [2.75, 3.05) is 62.8 Å². The van der Waals surface area contributed by atoms with Crippen molar-refractivity contribution in [1.82, 2.24) is 25.2 Å². The van der Waals surface area contributed by atoms with E-state index in [9.17, 15) is 4.79 Å². The quantitative estimate of drug-likeness (QED) is 0.277. The molecule has 11 heteroatoms. The summed E-state index contributed by atoms with van der Waals surface area (Å²) in [6.45, 7) is 6.17. The Balaban J connectivity index is 1.35. The van der Waals surface area contributed by atoms with E-state index in [4.69, 9.17) is 31.0 Å². The number of para-hydroxylation sites is 1. The first-order valence-electron chi connectivity index (χ1n) is 14.9. The lowest BCUT2D eigenvalue weighted by Gasteiger charge is -2.31. The molecule has 0 spiro atoms. The number of methoxy groups -OCH3 is 1. The van der Waals surface area contributed by atoms with Gasteiger partial charge < -0.3 is 24.6 Å². The molecule has 1 amide bonds. The van der Waals surface area contributed by atoms with E-state index >= 15 is 0 Å². The minimum atomic E-state index is -0.223. The molecule has 0 saturated carbocycles. The number of ether oxygens (including phenoxy) is 2. The number of benzene rings is 2. The lowest BCUT2D eigenvalue weighted by molar-refractivity contribution is 0.0383. The number of hydrogen-bond acceptors (Lipinski definition) is 9. The minimum absolute atomic E-state index is 0.223. The number of nitrogens with zero attached hydrogens (tertiary/aromatic N) is 6. The van der Waals surface area contributed by atoms with E-state index in [0.717, 1.165) is 49.5 Å². The molecule has 0 atom stereocenters. The molecule has 6 rings (SSSR count). The topological polar surface area (TPSA) is 96.0 Å². The number of nitrogens with one attached hydrogen (secondary N) is 1. The first-order chi connectivity index (χ1) is 21.6. The summed E-state index contributed by atoms with van der Waals surface area (Å²) in [7, 11) is 1.60. The Kier molecular flexibility index (Phi) is 9.50. The first kappa shape index (κ1) is 29.8. The van der Waals surface area contributed by atoms with Gasteiger partial charge in [0.15, 0.2) is 5.82 Å². The predicted octanol–water partition coefficient (Wildman–Crippen LogP) is 4.50. The molecular formula is C33H36ClN7O3. The van der Waals surface area contributed by atoms with Crippen LogP contribution in [0.15, 0.2) is 73.1 Å². The third kappa shape index (κ3) is 6.93. The van der Waals surface area contributed by atoms with Crippen LogP contribution in [-0.4, -0.2) is 78.8 Å². The fraction of sp³-hybridized carbons (Fsp3) is 0.333. The standard InChI is InChI=1S/C33H36ClN7O3/c1-43-30-10-9-24(20-28(30)34)22-41(26-7-3-2-4-8-26)31-27(32(42)36-13-15-39-16-18-44-19-17-39)21-37-33(38-31)40-14-11-25-6-5-12-35-29(25)23-40/h2-10,12,20-21H,11,13-19,22-23H2,1H3,(H,36,42). The highest BCUT2D eigenvalue weighted by atomic mass is 35.5. The van der Waals surface area contributed by atoms with Crippen molar-refractivity contribution in [3.63, 3.8) is 0 Å². The number of halogens is 1. The van der Waals surface area contributed by atoms with Gasteiger partial charge in [0.05, 0.1) is 37.6 Å². The first-order valence-corrected chi connectivity index (χ1v) is 15.2. The number of morpholine rings is 1. The fourth-order valence-electron chi connectivity index (χ4n) is 5.54. The SMILES string of the molecule is COc1ccc(CN(c2ccccc2)c2nc(N3CCc4cccnc4C3)ncc2C(=O)NCCN2CCOCC2)cc1Cl. The van der Waals surface area contributed by atoms with Gasteiger partial charge in [-0.25, -0.2) is 4.98 Å². The molecule has 228 valence electrons. The second-order valence-corrected chi connectivity index (χ2v) is 11.2. The summed E-state index contributed by atoms with van der Waals surface area (Å²) >= 11 is 6.52. The number of rotatable bonds is 10. The Morgan fingerprint density at radius 3 is 2.70 bits per heavy atom. The molecule has 2 aromatic carbocycles. The number of carbonyl (C=O) groups is 1. The summed E-state index contributed by atoms with van der Waals surface area (Å²) in [5, 5.41) is 3.62. The number of amides is 1. The van der Waals surface area contributed by atoms with Crippen molar-refractivity contribution in [2.24, 2.45) is 0 Å². The van der Waals surface area contributed by atoms with E-state index in [1.54, 1.807) is 13.3 Å². The van der Waals surface area contributed by atoms with Crippen molar-refractivity contribution >= 4 is 35.0 Å². The van der Waals surface area contributed by atoms with Gasteiger partial charge in [0, 0.05) is 57.3 Å². The molecule has 1 fully saturated rings. The largest absolute Gasteiger partial charge is 0.495 e. The molecule has 10 nitrogen and oxygen atoms in total. The van der Waals surface area contributed by atoms with Crippen molar-refractivity contribution < 1.29 is 14.3 Å². The molecule has 1 N–H and O–H groups in total. The number of pyridine rings is 1. The van der Waals surface area contributed by atoms with Crippen LogP contribution in [-0.2, 0) is 24.2 Å². The summed E-state index contributed by atoms with van der Waals surface area (Å²) in [6.07, 6.45) is 4.31. The van der Waals surface area contributed by atoms with Crippen LogP contribution in [0.3, 0.4) is 0 Å². The molecule has 0 radical (unpaired) electrons. The lowest BCUT2D eigenvalue weighted by Crippen LogP contribution is -2.41. The average molecular weight is 614 g/mol. The highest BCUT2D eigenvalue weighted by Crippen LogP contribution is 2.33. The fourth-order valence-corrected chi connectivity index (χ4v) is 5.82. The summed E-state index contributed by atoms with van der Waals surface area (Å²) in [6, 6.07) is 19.7. The van der Waals surface area contributed by atoms with E-state index in [2.05, 4.69) is 26.2 Å². The molecule has 2 aliphatic heterocycles. The third-order valence-corrected chi connectivity index (χ3v) is 8.25. The molecule has 1 saturated heterocycles. The van der Waals surface area contributed by atoms with Gasteiger partial charge in [0.1, 0.15) is 11.3 Å². The molecular weight excluding hydrogens is 578 g/mol. The molecule has 4 aromatic rings. The van der Waals surface area contributed by atoms with Crippen LogP contribution >= 0.6 is 11.6 Å². The number of hydrogen-bond donors (Lipinski definition) is 1. The molecule has 2 aliphatic rings. The van der Waals surface area contributed by atoms with Gasteiger partial charge in [-0.1, -0.05) is 41.9 Å². The maximum atomic E-state index is 13.8. The molecule has 4 heterocycles. The normalized spacial score (nSPS) is 15.0. The number of carbonyl (C=O) groups excluding carboxylic acids is 1. The zero-order valence-electron chi connectivity index (χ0n) is 24.8. The summed E-state index contributed by atoms with van der Waals surface area (Å²) in [4.78, 5) is 34.6. The Hall–Kier alpha value is -4.25. The van der Waals surface area contributed by atoms with Crippen molar-refractivity contribution in [2.45, 2.75) is 19.5 Å². The monoisotopic (exact) mass is 613 g/mol. The summed E-state index contributed by atoms with van der Waals surface area (Å²) in [5.41, 5.74) is 4.48. The molecule has 2 aromatic heterocycles. The molecule has 44 heavy (non-hydrogen) atoms. The molecule has 0 aliphatic carbocycles. The van der Waals surface area contributed by atoms with E-state index in [1.807, 2.05) is 65.7 Å². The highest BCUT2D eigenvalue weighted by molar-refractivity contribution is 6.32. The van der Waals surface area contributed by atoms with Crippen LogP contribution in [0.1, 0.15) is 27.2 Å². The van der Waals surface area contributed by atoms with E-state index < -0.39 is 0 Å². The van der Waals surface area contributed by atoms with Crippen LogP contribution in [0.2, 0.25) is 5.02 Å². The van der Waals surface area contributed by atoms with Crippen LogP contribution in [0.5, 0.6) is 5.75 Å². The summed E-state index contributed by atoms with van der Waals surface area (Å²) < 4.78 is 10.8. The van der Waals surface area contributed by atoms with E-state index in [1.165, 1.54) is 5.56 Å². The van der Waals surface area contributed by atoms with Gasteiger partial charge in [-0.3, -0.25) is 14.7 Å². The summed E-state index contributed by atoms with van der Waals surface area (Å²) in [5.74, 6) is 1.45. The zero-order valence-corrected chi connectivity index (χ0v) is 25.5. The smallest absolute Gasteiger partial charge is 0.256 e. The van der Waals surface area contributed by atoms with Crippen LogP contribution in [0, 0.1) is 0 Å².